The SMILES string of the molecule is CCC1C(=O)C=C2CCCC21. The summed E-state index contributed by atoms with van der Waals surface area (Å²) in [7, 11) is 0. The van der Waals surface area contributed by atoms with Gasteiger partial charge in [-0.05, 0) is 37.7 Å². The van der Waals surface area contributed by atoms with Gasteiger partial charge in [0.15, 0.2) is 5.78 Å². The fraction of sp³-hybridized carbons (Fsp3) is 0.700. The Hall–Kier alpha value is -0.590. The number of hydrogen-bond donors (Lipinski definition) is 0. The molecule has 2 unspecified atom stereocenters. The number of ketones is 1. The molecule has 0 aliphatic heterocycles. The number of fused-ring (bicyclic) bond motifs is 1. The van der Waals surface area contributed by atoms with Crippen LogP contribution in [0.15, 0.2) is 11.6 Å². The van der Waals surface area contributed by atoms with Crippen LogP contribution in [0.3, 0.4) is 0 Å². The van der Waals surface area contributed by atoms with Crippen molar-refractivity contribution in [1.82, 2.24) is 0 Å². The van der Waals surface area contributed by atoms with Gasteiger partial charge in [0.1, 0.15) is 0 Å². The molecule has 2 aliphatic rings. The Labute approximate surface area is 67.5 Å². The summed E-state index contributed by atoms with van der Waals surface area (Å²) in [5.41, 5.74) is 1.45. The van der Waals surface area contributed by atoms with Crippen LogP contribution in [0.25, 0.3) is 0 Å². The van der Waals surface area contributed by atoms with Crippen LogP contribution in [0, 0.1) is 11.8 Å². The summed E-state index contributed by atoms with van der Waals surface area (Å²) < 4.78 is 0. The minimum atomic E-state index is 0.354. The molecule has 2 rings (SSSR count). The van der Waals surface area contributed by atoms with E-state index >= 15 is 0 Å². The third-order valence-electron chi connectivity index (χ3n) is 3.08. The van der Waals surface area contributed by atoms with E-state index in [9.17, 15) is 4.79 Å². The van der Waals surface area contributed by atoms with Gasteiger partial charge in [-0.15, -0.1) is 0 Å². The molecule has 0 spiro atoms. The molecule has 1 heteroatoms. The normalized spacial score (nSPS) is 35.7. The molecule has 0 N–H and O–H groups in total. The second kappa shape index (κ2) is 2.47. The molecule has 2 atom stereocenters. The molecule has 0 aromatic rings. The zero-order chi connectivity index (χ0) is 7.84. The van der Waals surface area contributed by atoms with Gasteiger partial charge in [-0.3, -0.25) is 4.79 Å². The van der Waals surface area contributed by atoms with Gasteiger partial charge in [-0.2, -0.15) is 0 Å². The largest absolute Gasteiger partial charge is 0.295 e. The lowest BCUT2D eigenvalue weighted by atomic mass is 9.90. The lowest BCUT2D eigenvalue weighted by Gasteiger charge is -2.13. The highest BCUT2D eigenvalue weighted by Crippen LogP contribution is 2.42. The van der Waals surface area contributed by atoms with Gasteiger partial charge < -0.3 is 0 Å². The first-order valence-corrected chi connectivity index (χ1v) is 4.57. The van der Waals surface area contributed by atoms with Gasteiger partial charge in [-0.1, -0.05) is 12.5 Å². The van der Waals surface area contributed by atoms with E-state index in [-0.39, 0.29) is 0 Å². The van der Waals surface area contributed by atoms with E-state index in [4.69, 9.17) is 0 Å². The van der Waals surface area contributed by atoms with E-state index in [1.54, 1.807) is 0 Å². The minimum absolute atomic E-state index is 0.354. The fourth-order valence-electron chi connectivity index (χ4n) is 2.51. The highest BCUT2D eigenvalue weighted by atomic mass is 16.1. The lowest BCUT2D eigenvalue weighted by molar-refractivity contribution is -0.118. The summed E-state index contributed by atoms with van der Waals surface area (Å²) in [5.74, 6) is 1.40. The van der Waals surface area contributed by atoms with Crippen molar-refractivity contribution in [1.29, 1.82) is 0 Å². The van der Waals surface area contributed by atoms with Gasteiger partial charge in [0, 0.05) is 5.92 Å². The maximum atomic E-state index is 11.3. The molecular formula is C10H14O. The molecule has 1 saturated carbocycles. The quantitative estimate of drug-likeness (QED) is 0.560. The monoisotopic (exact) mass is 150 g/mol. The second-order valence-electron chi connectivity index (χ2n) is 3.64. The number of carbonyl (C=O) groups is 1. The first kappa shape index (κ1) is 7.08. The molecule has 0 saturated heterocycles. The van der Waals surface area contributed by atoms with Crippen molar-refractivity contribution in [3.63, 3.8) is 0 Å². The summed E-state index contributed by atoms with van der Waals surface area (Å²) >= 11 is 0. The number of rotatable bonds is 1. The predicted octanol–water partition coefficient (Wildman–Crippen LogP) is 2.32. The van der Waals surface area contributed by atoms with Crippen LogP contribution in [0.1, 0.15) is 32.6 Å². The molecule has 1 nitrogen and oxygen atoms in total. The van der Waals surface area contributed by atoms with Gasteiger partial charge in [0.2, 0.25) is 0 Å². The molecule has 0 radical (unpaired) electrons. The molecular weight excluding hydrogens is 136 g/mol. The third kappa shape index (κ3) is 0.943. The van der Waals surface area contributed by atoms with Crippen LogP contribution >= 0.6 is 0 Å². The molecule has 0 aromatic carbocycles. The Bertz CT molecular complexity index is 215. The standard InChI is InChI=1S/C10H14O/c1-2-8-9-5-3-4-7(9)6-10(8)11/h6,8-9H,2-5H2,1H3. The van der Waals surface area contributed by atoms with E-state index < -0.39 is 0 Å². The van der Waals surface area contributed by atoms with Gasteiger partial charge >= 0.3 is 0 Å². The maximum Gasteiger partial charge on any atom is 0.159 e. The maximum absolute atomic E-state index is 11.3. The highest BCUT2D eigenvalue weighted by molar-refractivity contribution is 5.95. The van der Waals surface area contributed by atoms with E-state index in [0.717, 1.165) is 6.42 Å². The van der Waals surface area contributed by atoms with Gasteiger partial charge in [-0.25, -0.2) is 0 Å². The lowest BCUT2D eigenvalue weighted by Crippen LogP contribution is -2.13. The zero-order valence-corrected chi connectivity index (χ0v) is 6.97. The van der Waals surface area contributed by atoms with Crippen molar-refractivity contribution in [2.45, 2.75) is 32.6 Å². The summed E-state index contributed by atoms with van der Waals surface area (Å²) in [5, 5.41) is 0. The number of carbonyl (C=O) groups excluding carboxylic acids is 1. The van der Waals surface area contributed by atoms with Crippen molar-refractivity contribution in [3.8, 4) is 0 Å². The van der Waals surface area contributed by atoms with E-state index in [0.29, 0.717) is 17.6 Å². The van der Waals surface area contributed by atoms with Crippen LogP contribution in [0.4, 0.5) is 0 Å². The van der Waals surface area contributed by atoms with Crippen LogP contribution < -0.4 is 0 Å². The summed E-state index contributed by atoms with van der Waals surface area (Å²) in [6.45, 7) is 2.12. The Morgan fingerprint density at radius 3 is 3.18 bits per heavy atom. The van der Waals surface area contributed by atoms with Crippen molar-refractivity contribution in [2.75, 3.05) is 0 Å². The topological polar surface area (TPSA) is 17.1 Å². The molecule has 0 aromatic heterocycles. The van der Waals surface area contributed by atoms with Crippen LogP contribution in [-0.2, 0) is 4.79 Å². The smallest absolute Gasteiger partial charge is 0.159 e. The predicted molar refractivity (Wildman–Crippen MR) is 44.2 cm³/mol. The zero-order valence-electron chi connectivity index (χ0n) is 6.97. The van der Waals surface area contributed by atoms with E-state index in [1.807, 2.05) is 6.08 Å². The van der Waals surface area contributed by atoms with Crippen LogP contribution in [0.2, 0.25) is 0 Å². The van der Waals surface area contributed by atoms with E-state index in [1.165, 1.54) is 24.8 Å². The second-order valence-corrected chi connectivity index (χ2v) is 3.64. The summed E-state index contributed by atoms with van der Waals surface area (Å²) in [6.07, 6.45) is 6.69. The van der Waals surface area contributed by atoms with Crippen LogP contribution in [-0.4, -0.2) is 5.78 Å². The first-order chi connectivity index (χ1) is 5.33. The van der Waals surface area contributed by atoms with Crippen molar-refractivity contribution < 1.29 is 4.79 Å². The van der Waals surface area contributed by atoms with Crippen molar-refractivity contribution in [3.05, 3.63) is 11.6 Å². The summed E-state index contributed by atoms with van der Waals surface area (Å²) in [4.78, 5) is 11.3. The van der Waals surface area contributed by atoms with Gasteiger partial charge in [0.05, 0.1) is 0 Å². The molecule has 2 aliphatic carbocycles. The average molecular weight is 150 g/mol. The molecule has 60 valence electrons. The van der Waals surface area contributed by atoms with Crippen molar-refractivity contribution in [2.24, 2.45) is 11.8 Å². The third-order valence-corrected chi connectivity index (χ3v) is 3.08. The Morgan fingerprint density at radius 2 is 2.45 bits per heavy atom. The Kier molecular flexibility index (Phi) is 1.59. The molecule has 0 amide bonds. The number of allylic oxidation sites excluding steroid dienone is 2. The van der Waals surface area contributed by atoms with Crippen LogP contribution in [0.5, 0.6) is 0 Å². The average Bonchev–Trinajstić information content (AvgIpc) is 2.46. The number of hydrogen-bond acceptors (Lipinski definition) is 1. The van der Waals surface area contributed by atoms with Gasteiger partial charge in [0.25, 0.3) is 0 Å². The fourth-order valence-corrected chi connectivity index (χ4v) is 2.51. The molecule has 0 bridgehead atoms. The Morgan fingerprint density at radius 1 is 1.64 bits per heavy atom. The minimum Gasteiger partial charge on any atom is -0.295 e. The molecule has 0 heterocycles. The summed E-state index contributed by atoms with van der Waals surface area (Å²) in [6, 6.07) is 0. The molecule has 1 fully saturated rings. The molecule has 11 heavy (non-hydrogen) atoms. The van der Waals surface area contributed by atoms with Crippen molar-refractivity contribution >= 4 is 5.78 Å². The van der Waals surface area contributed by atoms with E-state index in [2.05, 4.69) is 6.92 Å². The first-order valence-electron chi connectivity index (χ1n) is 4.57. The highest BCUT2D eigenvalue weighted by Gasteiger charge is 2.36. The Balaban J connectivity index is 2.23.